The smallest absolute Gasteiger partial charge is 0.330 e. The molecule has 0 spiro atoms. The minimum absolute atomic E-state index is 0.109. The summed E-state index contributed by atoms with van der Waals surface area (Å²) in [5, 5.41) is 9.26. The second-order valence-electron chi connectivity index (χ2n) is 4.65. The molecule has 1 fully saturated rings. The van der Waals surface area contributed by atoms with E-state index in [1.54, 1.807) is 6.92 Å². The summed E-state index contributed by atoms with van der Waals surface area (Å²) >= 11 is 0. The molecule has 1 aliphatic heterocycles. The van der Waals surface area contributed by atoms with Gasteiger partial charge in [-0.3, -0.25) is 14.3 Å². The van der Waals surface area contributed by atoms with Crippen molar-refractivity contribution in [3.05, 3.63) is 32.6 Å². The lowest BCUT2D eigenvalue weighted by Gasteiger charge is -2.14. The predicted octanol–water partition coefficient (Wildman–Crippen LogP) is -2.23. The third-order valence-electron chi connectivity index (χ3n) is 3.16. The van der Waals surface area contributed by atoms with Gasteiger partial charge in [0.15, 0.2) is 5.96 Å². The fourth-order valence-electron chi connectivity index (χ4n) is 2.18. The van der Waals surface area contributed by atoms with Crippen molar-refractivity contribution >= 4 is 5.96 Å². The Labute approximate surface area is 113 Å². The monoisotopic (exact) mass is 283 g/mol. The first kappa shape index (κ1) is 14.3. The summed E-state index contributed by atoms with van der Waals surface area (Å²) < 4.78 is 6.82. The van der Waals surface area contributed by atoms with Crippen LogP contribution in [0.25, 0.3) is 0 Å². The number of hydrogen-bond donors (Lipinski definition) is 4. The number of ether oxygens (including phenoxy) is 1. The zero-order valence-electron chi connectivity index (χ0n) is 10.9. The van der Waals surface area contributed by atoms with E-state index < -0.39 is 29.6 Å². The van der Waals surface area contributed by atoms with Gasteiger partial charge < -0.3 is 21.3 Å². The maximum atomic E-state index is 11.8. The van der Waals surface area contributed by atoms with Gasteiger partial charge in [-0.05, 0) is 6.92 Å². The number of aliphatic imine (C=N–C) groups is 1. The first-order valence-corrected chi connectivity index (χ1v) is 6.09. The quantitative estimate of drug-likeness (QED) is 0.364. The Bertz CT molecular complexity index is 630. The summed E-state index contributed by atoms with van der Waals surface area (Å²) in [5.41, 5.74) is 10.0. The van der Waals surface area contributed by atoms with Crippen LogP contribution >= 0.6 is 0 Å². The minimum Gasteiger partial charge on any atom is -0.394 e. The molecule has 9 heteroatoms. The number of nitrogens with zero attached hydrogens (tertiary/aromatic N) is 2. The molecule has 20 heavy (non-hydrogen) atoms. The van der Waals surface area contributed by atoms with Crippen molar-refractivity contribution in [1.29, 1.82) is 0 Å². The fourth-order valence-corrected chi connectivity index (χ4v) is 2.18. The normalized spacial score (nSPS) is 25.6. The van der Waals surface area contributed by atoms with E-state index in [9.17, 15) is 14.7 Å². The first-order valence-electron chi connectivity index (χ1n) is 6.09. The molecule has 2 rings (SSSR count). The van der Waals surface area contributed by atoms with Crippen molar-refractivity contribution in [2.45, 2.75) is 31.7 Å². The molecule has 1 saturated heterocycles. The highest BCUT2D eigenvalue weighted by Crippen LogP contribution is 2.29. The maximum Gasteiger partial charge on any atom is 0.330 e. The summed E-state index contributed by atoms with van der Waals surface area (Å²) in [5.74, 6) is -0.109. The molecule has 0 aliphatic carbocycles. The van der Waals surface area contributed by atoms with Gasteiger partial charge in [0.1, 0.15) is 12.3 Å². The van der Waals surface area contributed by atoms with Gasteiger partial charge >= 0.3 is 5.69 Å². The Morgan fingerprint density at radius 1 is 1.60 bits per heavy atom. The summed E-state index contributed by atoms with van der Waals surface area (Å²) in [7, 11) is 0. The Hall–Kier alpha value is -2.13. The molecule has 2 heterocycles. The number of aromatic nitrogens is 2. The number of aromatic amines is 1. The van der Waals surface area contributed by atoms with Crippen LogP contribution in [0.3, 0.4) is 0 Å². The van der Waals surface area contributed by atoms with Gasteiger partial charge in [-0.2, -0.15) is 0 Å². The zero-order chi connectivity index (χ0) is 14.9. The molecule has 0 saturated carbocycles. The molecule has 1 aliphatic rings. The predicted molar refractivity (Wildman–Crippen MR) is 71.3 cm³/mol. The molecular formula is C11H17N5O4. The summed E-state index contributed by atoms with van der Waals surface area (Å²) in [6.07, 6.45) is 0.511. The van der Waals surface area contributed by atoms with Crippen LogP contribution in [0.4, 0.5) is 0 Å². The van der Waals surface area contributed by atoms with E-state index in [1.807, 2.05) is 0 Å². The molecule has 0 radical (unpaired) electrons. The molecule has 0 aromatic carbocycles. The van der Waals surface area contributed by atoms with E-state index >= 15 is 0 Å². The number of nitrogens with two attached hydrogens (primary N) is 2. The number of H-pyrrole nitrogens is 1. The number of aliphatic hydroxyl groups excluding tert-OH is 1. The fraction of sp³-hybridized carbons (Fsp3) is 0.545. The summed E-state index contributed by atoms with van der Waals surface area (Å²) in [4.78, 5) is 29.3. The van der Waals surface area contributed by atoms with E-state index in [2.05, 4.69) is 9.98 Å². The number of guanidine groups is 1. The van der Waals surface area contributed by atoms with Crippen LogP contribution in [0.15, 0.2) is 20.8 Å². The van der Waals surface area contributed by atoms with Crippen LogP contribution in [0, 0.1) is 6.92 Å². The number of hydrogen-bond acceptors (Lipinski definition) is 5. The van der Waals surface area contributed by atoms with Crippen LogP contribution in [0.1, 0.15) is 18.2 Å². The first-order chi connectivity index (χ1) is 9.42. The summed E-state index contributed by atoms with van der Waals surface area (Å²) in [6, 6.07) is -0.436. The molecule has 1 aromatic heterocycles. The Kier molecular flexibility index (Phi) is 3.91. The van der Waals surface area contributed by atoms with Gasteiger partial charge in [0.25, 0.3) is 5.56 Å². The second kappa shape index (κ2) is 5.47. The molecule has 1 aromatic rings. The Morgan fingerprint density at radius 3 is 2.90 bits per heavy atom. The highest BCUT2D eigenvalue weighted by Gasteiger charge is 2.36. The Morgan fingerprint density at radius 2 is 2.30 bits per heavy atom. The highest BCUT2D eigenvalue weighted by molar-refractivity contribution is 5.75. The molecule has 6 N–H and O–H groups in total. The van der Waals surface area contributed by atoms with E-state index in [1.165, 1.54) is 10.8 Å². The van der Waals surface area contributed by atoms with Crippen LogP contribution in [0.5, 0.6) is 0 Å². The van der Waals surface area contributed by atoms with Crippen molar-refractivity contribution in [2.24, 2.45) is 16.5 Å². The molecule has 110 valence electrons. The number of aryl methyl sites for hydroxylation is 1. The van der Waals surface area contributed by atoms with E-state index in [0.717, 1.165) is 0 Å². The van der Waals surface area contributed by atoms with Crippen LogP contribution < -0.4 is 22.7 Å². The second-order valence-corrected chi connectivity index (χ2v) is 4.65. The van der Waals surface area contributed by atoms with E-state index in [0.29, 0.717) is 12.0 Å². The van der Waals surface area contributed by atoms with Gasteiger partial charge in [-0.15, -0.1) is 0 Å². The average molecular weight is 283 g/mol. The third kappa shape index (κ3) is 2.73. The molecular weight excluding hydrogens is 266 g/mol. The van der Waals surface area contributed by atoms with E-state index in [-0.39, 0.29) is 12.6 Å². The van der Waals surface area contributed by atoms with Crippen LogP contribution in [0.2, 0.25) is 0 Å². The van der Waals surface area contributed by atoms with Crippen molar-refractivity contribution in [3.63, 3.8) is 0 Å². The molecule has 3 atom stereocenters. The van der Waals surface area contributed by atoms with Gasteiger partial charge in [0, 0.05) is 18.2 Å². The third-order valence-corrected chi connectivity index (χ3v) is 3.16. The summed E-state index contributed by atoms with van der Waals surface area (Å²) in [6.45, 7) is 1.32. The average Bonchev–Trinajstić information content (AvgIpc) is 2.75. The SMILES string of the molecule is Cc1cn([C@H]2C[C@H](N=C(N)N)[C@@H](CO)O2)c(=O)[nH]c1=O. The molecule has 0 bridgehead atoms. The van der Waals surface area contributed by atoms with Crippen molar-refractivity contribution in [3.8, 4) is 0 Å². The maximum absolute atomic E-state index is 11.8. The molecule has 9 nitrogen and oxygen atoms in total. The van der Waals surface area contributed by atoms with Gasteiger partial charge in [-0.25, -0.2) is 9.79 Å². The zero-order valence-corrected chi connectivity index (χ0v) is 10.9. The largest absolute Gasteiger partial charge is 0.394 e. The molecule has 0 unspecified atom stereocenters. The number of rotatable bonds is 3. The lowest BCUT2D eigenvalue weighted by atomic mass is 10.1. The standard InChI is InChI=1S/C11H17N5O4/c1-5-3-16(11(19)15-9(5)18)8-2-6(14-10(12)13)7(4-17)20-8/h3,6-8,17H,2,4H2,1H3,(H4,12,13,14)(H,15,18,19)/t6-,7+,8+/m0/s1. The van der Waals surface area contributed by atoms with Crippen LogP contribution in [-0.2, 0) is 4.74 Å². The van der Waals surface area contributed by atoms with Gasteiger partial charge in [0.05, 0.1) is 12.6 Å². The minimum atomic E-state index is -0.636. The van der Waals surface area contributed by atoms with Gasteiger partial charge in [0.2, 0.25) is 0 Å². The van der Waals surface area contributed by atoms with E-state index in [4.69, 9.17) is 16.2 Å². The number of aliphatic hydroxyl groups is 1. The van der Waals surface area contributed by atoms with Crippen LogP contribution in [-0.4, -0.2) is 39.4 Å². The van der Waals surface area contributed by atoms with Crippen molar-refractivity contribution < 1.29 is 9.84 Å². The topological polar surface area (TPSA) is 149 Å². The molecule has 0 amide bonds. The number of nitrogens with one attached hydrogen (secondary N) is 1. The van der Waals surface area contributed by atoms with Crippen molar-refractivity contribution in [2.75, 3.05) is 6.61 Å². The highest BCUT2D eigenvalue weighted by atomic mass is 16.5. The Balaban J connectivity index is 2.32. The lowest BCUT2D eigenvalue weighted by Crippen LogP contribution is -2.33. The van der Waals surface area contributed by atoms with Crippen molar-refractivity contribution in [1.82, 2.24) is 9.55 Å². The van der Waals surface area contributed by atoms with Gasteiger partial charge in [-0.1, -0.05) is 0 Å². The lowest BCUT2D eigenvalue weighted by molar-refractivity contribution is -0.0270.